The van der Waals surface area contributed by atoms with E-state index in [0.29, 0.717) is 0 Å². The number of thiophene rings is 1. The Morgan fingerprint density at radius 3 is 2.68 bits per heavy atom. The number of hydrogen-bond donors (Lipinski definition) is 1. The SMILES string of the molecule is CN(CCCc1ccccc1N)Cc1ccc(Cl)s1. The Morgan fingerprint density at radius 1 is 1.21 bits per heavy atom. The van der Waals surface area contributed by atoms with Crippen LogP contribution in [0.4, 0.5) is 5.69 Å². The van der Waals surface area contributed by atoms with Crippen LogP contribution < -0.4 is 5.73 Å². The molecule has 102 valence electrons. The minimum atomic E-state index is 0.862. The van der Waals surface area contributed by atoms with Crippen molar-refractivity contribution in [2.75, 3.05) is 19.3 Å². The van der Waals surface area contributed by atoms with Crippen molar-refractivity contribution in [2.45, 2.75) is 19.4 Å². The summed E-state index contributed by atoms with van der Waals surface area (Å²) in [5.74, 6) is 0. The molecule has 0 saturated heterocycles. The van der Waals surface area contributed by atoms with Crippen LogP contribution in [0, 0.1) is 0 Å². The largest absolute Gasteiger partial charge is 0.399 e. The van der Waals surface area contributed by atoms with Crippen molar-refractivity contribution in [3.63, 3.8) is 0 Å². The predicted molar refractivity (Wildman–Crippen MR) is 84.8 cm³/mol. The quantitative estimate of drug-likeness (QED) is 0.815. The molecule has 0 aliphatic rings. The number of nitrogens with two attached hydrogens (primary N) is 1. The third-order valence-electron chi connectivity index (χ3n) is 3.10. The van der Waals surface area contributed by atoms with Gasteiger partial charge in [-0.3, -0.25) is 0 Å². The molecule has 0 fully saturated rings. The van der Waals surface area contributed by atoms with Crippen LogP contribution >= 0.6 is 22.9 Å². The van der Waals surface area contributed by atoms with E-state index in [1.54, 1.807) is 11.3 Å². The van der Waals surface area contributed by atoms with Crippen molar-refractivity contribution in [1.29, 1.82) is 0 Å². The fourth-order valence-corrected chi connectivity index (χ4v) is 3.25. The normalized spacial score (nSPS) is 11.1. The lowest BCUT2D eigenvalue weighted by Crippen LogP contribution is -2.19. The molecule has 0 aliphatic carbocycles. The molecule has 0 amide bonds. The number of anilines is 1. The highest BCUT2D eigenvalue weighted by Crippen LogP contribution is 2.22. The van der Waals surface area contributed by atoms with Gasteiger partial charge in [0.05, 0.1) is 4.34 Å². The van der Waals surface area contributed by atoms with E-state index in [1.165, 1.54) is 10.4 Å². The number of benzene rings is 1. The minimum Gasteiger partial charge on any atom is -0.399 e. The summed E-state index contributed by atoms with van der Waals surface area (Å²) in [5.41, 5.74) is 8.08. The van der Waals surface area contributed by atoms with Gasteiger partial charge in [-0.25, -0.2) is 0 Å². The van der Waals surface area contributed by atoms with Crippen molar-refractivity contribution in [3.05, 3.63) is 51.2 Å². The van der Waals surface area contributed by atoms with Crippen LogP contribution in [0.25, 0.3) is 0 Å². The highest BCUT2D eigenvalue weighted by Gasteiger charge is 2.04. The molecule has 0 atom stereocenters. The Balaban J connectivity index is 1.75. The van der Waals surface area contributed by atoms with Gasteiger partial charge in [0.25, 0.3) is 0 Å². The second-order valence-electron chi connectivity index (χ2n) is 4.75. The third-order valence-corrected chi connectivity index (χ3v) is 4.31. The molecule has 0 saturated carbocycles. The molecule has 0 spiro atoms. The number of rotatable bonds is 6. The number of para-hydroxylation sites is 1. The maximum atomic E-state index is 5.94. The first kappa shape index (κ1) is 14.4. The van der Waals surface area contributed by atoms with E-state index in [1.807, 2.05) is 24.3 Å². The summed E-state index contributed by atoms with van der Waals surface area (Å²) in [6.07, 6.45) is 2.14. The molecule has 1 heterocycles. The zero-order valence-electron chi connectivity index (χ0n) is 11.1. The van der Waals surface area contributed by atoms with E-state index < -0.39 is 0 Å². The van der Waals surface area contributed by atoms with Crippen LogP contribution in [0.1, 0.15) is 16.9 Å². The van der Waals surface area contributed by atoms with Gasteiger partial charge in [0.1, 0.15) is 0 Å². The van der Waals surface area contributed by atoms with Crippen LogP contribution in [-0.4, -0.2) is 18.5 Å². The molecule has 2 nitrogen and oxygen atoms in total. The van der Waals surface area contributed by atoms with Gasteiger partial charge in [-0.1, -0.05) is 29.8 Å². The molecule has 19 heavy (non-hydrogen) atoms. The van der Waals surface area contributed by atoms with Gasteiger partial charge in [-0.05, 0) is 50.2 Å². The first-order valence-electron chi connectivity index (χ1n) is 6.41. The summed E-state index contributed by atoms with van der Waals surface area (Å²) >= 11 is 7.58. The molecule has 0 radical (unpaired) electrons. The molecule has 1 aromatic carbocycles. The Bertz CT molecular complexity index is 524. The van der Waals surface area contributed by atoms with Crippen molar-refractivity contribution < 1.29 is 0 Å². The van der Waals surface area contributed by atoms with Crippen LogP contribution in [0.15, 0.2) is 36.4 Å². The molecule has 0 bridgehead atoms. The summed E-state index contributed by atoms with van der Waals surface area (Å²) in [6, 6.07) is 12.1. The summed E-state index contributed by atoms with van der Waals surface area (Å²) in [4.78, 5) is 3.63. The van der Waals surface area contributed by atoms with Gasteiger partial charge >= 0.3 is 0 Å². The zero-order chi connectivity index (χ0) is 13.7. The molecular formula is C15H19ClN2S. The van der Waals surface area contributed by atoms with Crippen molar-refractivity contribution in [3.8, 4) is 0 Å². The Labute approximate surface area is 123 Å². The predicted octanol–water partition coefficient (Wildman–Crippen LogP) is 4.05. The summed E-state index contributed by atoms with van der Waals surface area (Å²) in [6.45, 7) is 2.02. The molecule has 1 aromatic heterocycles. The summed E-state index contributed by atoms with van der Waals surface area (Å²) in [5, 5.41) is 0. The van der Waals surface area contributed by atoms with Crippen LogP contribution in [0.5, 0.6) is 0 Å². The van der Waals surface area contributed by atoms with Gasteiger partial charge in [0.2, 0.25) is 0 Å². The van der Waals surface area contributed by atoms with Crippen LogP contribution in [0.2, 0.25) is 4.34 Å². The van der Waals surface area contributed by atoms with Gasteiger partial charge in [-0.15, -0.1) is 11.3 Å². The maximum Gasteiger partial charge on any atom is 0.0931 e. The minimum absolute atomic E-state index is 0.862. The standard InChI is InChI=1S/C15H19ClN2S/c1-18(11-13-8-9-15(16)19-13)10-4-6-12-5-2-3-7-14(12)17/h2-3,5,7-9H,4,6,10-11,17H2,1H3. The Hall–Kier alpha value is -1.03. The highest BCUT2D eigenvalue weighted by atomic mass is 35.5. The Morgan fingerprint density at radius 2 is 2.00 bits per heavy atom. The average Bonchev–Trinajstić information content (AvgIpc) is 2.77. The van der Waals surface area contributed by atoms with E-state index in [9.17, 15) is 0 Å². The first-order chi connectivity index (χ1) is 9.15. The van der Waals surface area contributed by atoms with Gasteiger partial charge in [0.15, 0.2) is 0 Å². The van der Waals surface area contributed by atoms with Gasteiger partial charge < -0.3 is 10.6 Å². The zero-order valence-corrected chi connectivity index (χ0v) is 12.7. The lowest BCUT2D eigenvalue weighted by molar-refractivity contribution is 0.325. The number of hydrogen-bond acceptors (Lipinski definition) is 3. The van der Waals surface area contributed by atoms with Crippen molar-refractivity contribution in [2.24, 2.45) is 0 Å². The number of halogens is 1. The lowest BCUT2D eigenvalue weighted by atomic mass is 10.1. The Kier molecular flexibility index (Phi) is 5.25. The van der Waals surface area contributed by atoms with Crippen LogP contribution in [-0.2, 0) is 13.0 Å². The lowest BCUT2D eigenvalue weighted by Gasteiger charge is -2.15. The summed E-state index contributed by atoms with van der Waals surface area (Å²) in [7, 11) is 2.14. The highest BCUT2D eigenvalue weighted by molar-refractivity contribution is 7.16. The molecule has 2 N–H and O–H groups in total. The van der Waals surface area contributed by atoms with Gasteiger partial charge in [0, 0.05) is 17.1 Å². The molecule has 0 aliphatic heterocycles. The third kappa shape index (κ3) is 4.53. The number of nitrogens with zero attached hydrogens (tertiary/aromatic N) is 1. The van der Waals surface area contributed by atoms with Crippen molar-refractivity contribution in [1.82, 2.24) is 4.90 Å². The van der Waals surface area contributed by atoms with E-state index in [4.69, 9.17) is 17.3 Å². The average molecular weight is 295 g/mol. The number of nitrogen functional groups attached to an aromatic ring is 1. The topological polar surface area (TPSA) is 29.3 Å². The van der Waals surface area contributed by atoms with Crippen molar-refractivity contribution >= 4 is 28.6 Å². The van der Waals surface area contributed by atoms with E-state index in [-0.39, 0.29) is 0 Å². The maximum absolute atomic E-state index is 5.94. The monoisotopic (exact) mass is 294 g/mol. The van der Waals surface area contributed by atoms with E-state index in [0.717, 1.165) is 36.0 Å². The van der Waals surface area contributed by atoms with E-state index >= 15 is 0 Å². The summed E-state index contributed by atoms with van der Waals surface area (Å²) < 4.78 is 0.862. The molecule has 2 rings (SSSR count). The fraction of sp³-hybridized carbons (Fsp3) is 0.333. The second-order valence-corrected chi connectivity index (χ2v) is 6.55. The molecule has 0 unspecified atom stereocenters. The molecule has 4 heteroatoms. The molecule has 2 aromatic rings. The smallest absolute Gasteiger partial charge is 0.0931 e. The fourth-order valence-electron chi connectivity index (χ4n) is 2.08. The number of aryl methyl sites for hydroxylation is 1. The second kappa shape index (κ2) is 6.94. The van der Waals surface area contributed by atoms with Gasteiger partial charge in [-0.2, -0.15) is 0 Å². The van der Waals surface area contributed by atoms with E-state index in [2.05, 4.69) is 24.1 Å². The molecular weight excluding hydrogens is 276 g/mol. The van der Waals surface area contributed by atoms with Crippen LogP contribution in [0.3, 0.4) is 0 Å². The first-order valence-corrected chi connectivity index (χ1v) is 7.61.